The van der Waals surface area contributed by atoms with Crippen LogP contribution in [0.3, 0.4) is 0 Å². The molecule has 1 saturated heterocycles. The number of H-pyrrole nitrogens is 1. The first-order chi connectivity index (χ1) is 12.6. The van der Waals surface area contributed by atoms with E-state index in [9.17, 15) is 9.90 Å². The van der Waals surface area contributed by atoms with Crippen molar-refractivity contribution in [2.75, 3.05) is 6.54 Å². The predicted molar refractivity (Wildman–Crippen MR) is 103 cm³/mol. The van der Waals surface area contributed by atoms with E-state index in [1.165, 1.54) is 10.8 Å². The van der Waals surface area contributed by atoms with Gasteiger partial charge >= 0.3 is 0 Å². The SMILES string of the molecule is C=CCn1c(O)c(/C=N/N2CCCCC2c2cccnc2)c(=O)[nH]c1=S. The van der Waals surface area contributed by atoms with Crippen molar-refractivity contribution >= 4 is 18.4 Å². The number of aromatic amines is 1. The van der Waals surface area contributed by atoms with Gasteiger partial charge in [0.25, 0.3) is 5.56 Å². The minimum atomic E-state index is -0.466. The smallest absolute Gasteiger partial charge is 0.264 e. The second-order valence-corrected chi connectivity index (χ2v) is 6.49. The van der Waals surface area contributed by atoms with Crippen LogP contribution in [-0.4, -0.2) is 37.4 Å². The summed E-state index contributed by atoms with van der Waals surface area (Å²) in [6.07, 6.45) is 9.68. The quantitative estimate of drug-likeness (QED) is 0.479. The van der Waals surface area contributed by atoms with Gasteiger partial charge in [0.1, 0.15) is 5.56 Å². The first kappa shape index (κ1) is 18.1. The number of nitrogens with zero attached hydrogens (tertiary/aromatic N) is 4. The molecule has 0 amide bonds. The van der Waals surface area contributed by atoms with Crippen molar-refractivity contribution in [1.82, 2.24) is 19.5 Å². The molecule has 8 heteroatoms. The highest BCUT2D eigenvalue weighted by molar-refractivity contribution is 7.71. The number of allylic oxidation sites excluding steroid dienone is 1. The lowest BCUT2D eigenvalue weighted by molar-refractivity contribution is 0.156. The van der Waals surface area contributed by atoms with E-state index in [2.05, 4.69) is 21.6 Å². The Morgan fingerprint density at radius 2 is 2.35 bits per heavy atom. The predicted octanol–water partition coefficient (Wildman–Crippen LogP) is 2.75. The van der Waals surface area contributed by atoms with E-state index in [0.717, 1.165) is 31.4 Å². The van der Waals surface area contributed by atoms with Gasteiger partial charge < -0.3 is 5.11 Å². The fourth-order valence-corrected chi connectivity index (χ4v) is 3.34. The van der Waals surface area contributed by atoms with Gasteiger partial charge in [-0.1, -0.05) is 12.1 Å². The maximum Gasteiger partial charge on any atom is 0.264 e. The molecule has 136 valence electrons. The third kappa shape index (κ3) is 3.75. The van der Waals surface area contributed by atoms with Gasteiger partial charge in [-0.05, 0) is 43.1 Å². The molecule has 1 aliphatic rings. The number of piperidine rings is 1. The molecular weight excluding hydrogens is 350 g/mol. The highest BCUT2D eigenvalue weighted by atomic mass is 32.1. The number of hydrogen-bond acceptors (Lipinski definition) is 6. The molecule has 0 spiro atoms. The number of hydrogen-bond donors (Lipinski definition) is 2. The Balaban J connectivity index is 1.93. The van der Waals surface area contributed by atoms with Crippen molar-refractivity contribution < 1.29 is 5.11 Å². The summed E-state index contributed by atoms with van der Waals surface area (Å²) < 4.78 is 1.55. The van der Waals surface area contributed by atoms with Crippen molar-refractivity contribution in [3.8, 4) is 5.88 Å². The maximum atomic E-state index is 12.2. The van der Waals surface area contributed by atoms with Gasteiger partial charge in [0.15, 0.2) is 4.77 Å². The standard InChI is InChI=1S/C18H21N5O2S/c1-2-9-22-17(25)14(16(24)21-18(22)26)12-20-23-10-4-3-7-15(23)13-6-5-8-19-11-13/h2,5-6,8,11-12,15,25H,1,3-4,7,9-10H2,(H,21,24,26)/b20-12+. The van der Waals surface area contributed by atoms with Crippen LogP contribution >= 0.6 is 12.2 Å². The largest absolute Gasteiger partial charge is 0.494 e. The highest BCUT2D eigenvalue weighted by Gasteiger charge is 2.23. The Morgan fingerprint density at radius 3 is 3.08 bits per heavy atom. The summed E-state index contributed by atoms with van der Waals surface area (Å²) in [5.41, 5.74) is 0.701. The molecule has 3 rings (SSSR count). The summed E-state index contributed by atoms with van der Waals surface area (Å²) >= 11 is 5.08. The topological polar surface area (TPSA) is 86.5 Å². The minimum absolute atomic E-state index is 0.0796. The average Bonchev–Trinajstić information content (AvgIpc) is 2.66. The highest BCUT2D eigenvalue weighted by Crippen LogP contribution is 2.30. The van der Waals surface area contributed by atoms with Crippen molar-refractivity contribution in [3.63, 3.8) is 0 Å². The fourth-order valence-electron chi connectivity index (χ4n) is 3.09. The molecule has 1 aliphatic heterocycles. The lowest BCUT2D eigenvalue weighted by Gasteiger charge is -2.33. The zero-order valence-electron chi connectivity index (χ0n) is 14.3. The molecule has 0 aromatic carbocycles. The van der Waals surface area contributed by atoms with Gasteiger partial charge in [0.2, 0.25) is 5.88 Å². The molecule has 0 radical (unpaired) electrons. The van der Waals surface area contributed by atoms with Crippen LogP contribution in [0.2, 0.25) is 0 Å². The van der Waals surface area contributed by atoms with Crippen LogP contribution in [0.15, 0.2) is 47.1 Å². The van der Waals surface area contributed by atoms with E-state index in [0.29, 0.717) is 6.54 Å². The Morgan fingerprint density at radius 1 is 1.50 bits per heavy atom. The molecule has 7 nitrogen and oxygen atoms in total. The van der Waals surface area contributed by atoms with E-state index in [-0.39, 0.29) is 22.3 Å². The monoisotopic (exact) mass is 371 g/mol. The molecule has 1 unspecified atom stereocenters. The molecule has 1 fully saturated rings. The molecule has 2 aromatic heterocycles. The van der Waals surface area contributed by atoms with E-state index in [4.69, 9.17) is 12.2 Å². The van der Waals surface area contributed by atoms with Crippen molar-refractivity contribution in [2.24, 2.45) is 5.10 Å². The summed E-state index contributed by atoms with van der Waals surface area (Å²) in [7, 11) is 0. The number of hydrazone groups is 1. The zero-order chi connectivity index (χ0) is 18.5. The van der Waals surface area contributed by atoms with Gasteiger partial charge in [-0.15, -0.1) is 6.58 Å². The Hall–Kier alpha value is -2.74. The van der Waals surface area contributed by atoms with Crippen LogP contribution in [0.1, 0.15) is 36.4 Å². The zero-order valence-corrected chi connectivity index (χ0v) is 15.2. The number of aromatic hydroxyl groups is 1. The molecule has 0 bridgehead atoms. The number of nitrogens with one attached hydrogen (secondary N) is 1. The van der Waals surface area contributed by atoms with Gasteiger partial charge in [0, 0.05) is 25.5 Å². The van der Waals surface area contributed by atoms with E-state index < -0.39 is 5.56 Å². The molecule has 1 atom stereocenters. The summed E-state index contributed by atoms with van der Waals surface area (Å²) in [4.78, 5) is 18.9. The minimum Gasteiger partial charge on any atom is -0.494 e. The molecular formula is C18H21N5O2S. The summed E-state index contributed by atoms with van der Waals surface area (Å²) in [5, 5.41) is 16.8. The third-order valence-electron chi connectivity index (χ3n) is 4.40. The molecule has 26 heavy (non-hydrogen) atoms. The van der Waals surface area contributed by atoms with Gasteiger partial charge in [0.05, 0.1) is 12.3 Å². The molecule has 0 aliphatic carbocycles. The van der Waals surface area contributed by atoms with E-state index >= 15 is 0 Å². The van der Waals surface area contributed by atoms with Gasteiger partial charge in [-0.2, -0.15) is 5.10 Å². The first-order valence-corrected chi connectivity index (χ1v) is 8.90. The Kier molecular flexibility index (Phi) is 5.62. The number of rotatable bonds is 5. The summed E-state index contributed by atoms with van der Waals surface area (Å²) in [6, 6.07) is 4.04. The molecule has 0 saturated carbocycles. The van der Waals surface area contributed by atoms with Crippen LogP contribution < -0.4 is 5.56 Å². The van der Waals surface area contributed by atoms with Gasteiger partial charge in [-0.3, -0.25) is 24.3 Å². The Labute approximate surface area is 156 Å². The van der Waals surface area contributed by atoms with Crippen molar-refractivity contribution in [2.45, 2.75) is 31.8 Å². The lowest BCUT2D eigenvalue weighted by atomic mass is 9.98. The second-order valence-electron chi connectivity index (χ2n) is 6.10. The first-order valence-electron chi connectivity index (χ1n) is 8.49. The van der Waals surface area contributed by atoms with E-state index in [1.807, 2.05) is 23.3 Å². The van der Waals surface area contributed by atoms with Crippen molar-refractivity contribution in [1.29, 1.82) is 0 Å². The summed E-state index contributed by atoms with van der Waals surface area (Å²) in [5.74, 6) is -0.211. The molecule has 2 aromatic rings. The van der Waals surface area contributed by atoms with Crippen LogP contribution in [-0.2, 0) is 6.54 Å². The molecule has 3 heterocycles. The van der Waals surface area contributed by atoms with Gasteiger partial charge in [-0.25, -0.2) is 0 Å². The average molecular weight is 371 g/mol. The normalized spacial score (nSPS) is 17.5. The number of pyridine rings is 1. The number of aromatic nitrogens is 3. The second kappa shape index (κ2) is 8.09. The van der Waals surface area contributed by atoms with Crippen LogP contribution in [0.5, 0.6) is 5.88 Å². The van der Waals surface area contributed by atoms with Crippen LogP contribution in [0.25, 0.3) is 0 Å². The third-order valence-corrected chi connectivity index (χ3v) is 4.72. The van der Waals surface area contributed by atoms with Crippen LogP contribution in [0, 0.1) is 4.77 Å². The molecule has 2 N–H and O–H groups in total. The Bertz CT molecular complexity index is 919. The van der Waals surface area contributed by atoms with Crippen LogP contribution in [0.4, 0.5) is 0 Å². The maximum absolute atomic E-state index is 12.2. The fraction of sp³-hybridized carbons (Fsp3) is 0.333. The summed E-state index contributed by atoms with van der Waals surface area (Å²) in [6.45, 7) is 4.71. The van der Waals surface area contributed by atoms with Crippen molar-refractivity contribution in [3.05, 3.63) is 63.4 Å². The van der Waals surface area contributed by atoms with E-state index in [1.54, 1.807) is 12.3 Å². The lowest BCUT2D eigenvalue weighted by Crippen LogP contribution is -2.29.